The molecular weight excluding hydrogens is 294 g/mol. The number of benzene rings is 1. The highest BCUT2D eigenvalue weighted by Gasteiger charge is 2.16. The first-order valence-electron chi connectivity index (χ1n) is 7.34. The summed E-state index contributed by atoms with van der Waals surface area (Å²) in [6.07, 6.45) is 1.92. The molecule has 0 aliphatic carbocycles. The fraction of sp³-hybridized carbons (Fsp3) is 0.250. The molecule has 0 saturated carbocycles. The van der Waals surface area contributed by atoms with Crippen molar-refractivity contribution in [1.82, 2.24) is 19.9 Å². The number of aromatic nitrogens is 3. The number of nitro groups is 1. The zero-order chi connectivity index (χ0) is 16.4. The molecule has 0 fully saturated rings. The fourth-order valence-corrected chi connectivity index (χ4v) is 2.57. The minimum absolute atomic E-state index is 0.0361. The van der Waals surface area contributed by atoms with Gasteiger partial charge in [-0.05, 0) is 31.5 Å². The van der Waals surface area contributed by atoms with Crippen LogP contribution in [0.25, 0.3) is 5.65 Å². The third kappa shape index (κ3) is 2.91. The number of fused-ring (bicyclic) bond motifs is 1. The lowest BCUT2D eigenvalue weighted by molar-refractivity contribution is -0.385. The first kappa shape index (κ1) is 15.1. The highest BCUT2D eigenvalue weighted by molar-refractivity contribution is 5.44. The Morgan fingerprint density at radius 3 is 2.87 bits per heavy atom. The highest BCUT2D eigenvalue weighted by Crippen LogP contribution is 2.21. The summed E-state index contributed by atoms with van der Waals surface area (Å²) in [5.41, 5.74) is 2.52. The fourth-order valence-electron chi connectivity index (χ4n) is 2.57. The van der Waals surface area contributed by atoms with Gasteiger partial charge in [0, 0.05) is 24.4 Å². The molecule has 7 heteroatoms. The Morgan fingerprint density at radius 2 is 2.09 bits per heavy atom. The van der Waals surface area contributed by atoms with Crippen molar-refractivity contribution in [1.29, 1.82) is 0 Å². The standard InChI is InChI=1S/C16H17N5O2/c1-11-13(6-5-7-14(11)21(22)23)10-17-12(2)16-19-18-15-8-3-4-9-20(15)16/h3-9,12,17H,10H2,1-2H3. The maximum Gasteiger partial charge on any atom is 0.272 e. The summed E-state index contributed by atoms with van der Waals surface area (Å²) in [5, 5.41) is 22.7. The van der Waals surface area contributed by atoms with Gasteiger partial charge in [-0.25, -0.2) is 0 Å². The average Bonchev–Trinajstić information content (AvgIpc) is 2.97. The molecule has 118 valence electrons. The monoisotopic (exact) mass is 311 g/mol. The molecule has 2 aromatic heterocycles. The van der Waals surface area contributed by atoms with Gasteiger partial charge in [0.15, 0.2) is 11.5 Å². The van der Waals surface area contributed by atoms with E-state index in [0.29, 0.717) is 12.1 Å². The Morgan fingerprint density at radius 1 is 1.26 bits per heavy atom. The largest absolute Gasteiger partial charge is 0.303 e. The predicted molar refractivity (Wildman–Crippen MR) is 86.1 cm³/mol. The van der Waals surface area contributed by atoms with Crippen LogP contribution in [0.3, 0.4) is 0 Å². The minimum Gasteiger partial charge on any atom is -0.303 e. The molecule has 0 bridgehead atoms. The molecular formula is C16H17N5O2. The lowest BCUT2D eigenvalue weighted by Gasteiger charge is -2.13. The van der Waals surface area contributed by atoms with E-state index in [1.54, 1.807) is 13.0 Å². The molecule has 0 amide bonds. The van der Waals surface area contributed by atoms with Crippen molar-refractivity contribution in [3.8, 4) is 0 Å². The number of nitrogens with zero attached hydrogens (tertiary/aromatic N) is 4. The normalized spacial score (nSPS) is 12.4. The van der Waals surface area contributed by atoms with Gasteiger partial charge in [-0.15, -0.1) is 10.2 Å². The van der Waals surface area contributed by atoms with E-state index in [1.807, 2.05) is 41.8 Å². The predicted octanol–water partition coefficient (Wildman–Crippen LogP) is 2.80. The molecule has 0 radical (unpaired) electrons. The van der Waals surface area contributed by atoms with Crippen LogP contribution in [0.15, 0.2) is 42.6 Å². The molecule has 0 spiro atoms. The van der Waals surface area contributed by atoms with Crippen molar-refractivity contribution in [2.75, 3.05) is 0 Å². The Kier molecular flexibility index (Phi) is 4.03. The van der Waals surface area contributed by atoms with E-state index in [2.05, 4.69) is 15.5 Å². The maximum absolute atomic E-state index is 11.0. The SMILES string of the molecule is Cc1c(CNC(C)c2nnc3ccccn23)cccc1[N+](=O)[O-]. The van der Waals surface area contributed by atoms with Crippen LogP contribution in [0.5, 0.6) is 0 Å². The number of nitrogens with one attached hydrogen (secondary N) is 1. The van der Waals surface area contributed by atoms with Crippen LogP contribution in [0.2, 0.25) is 0 Å². The quantitative estimate of drug-likeness (QED) is 0.578. The van der Waals surface area contributed by atoms with Crippen LogP contribution in [0.1, 0.15) is 29.9 Å². The molecule has 23 heavy (non-hydrogen) atoms. The van der Waals surface area contributed by atoms with Gasteiger partial charge in [0.05, 0.1) is 11.0 Å². The van der Waals surface area contributed by atoms with Crippen LogP contribution in [-0.4, -0.2) is 19.5 Å². The summed E-state index contributed by atoms with van der Waals surface area (Å²) in [5.74, 6) is 0.809. The number of hydrogen-bond donors (Lipinski definition) is 1. The Balaban J connectivity index is 1.78. The van der Waals surface area contributed by atoms with Crippen LogP contribution >= 0.6 is 0 Å². The van der Waals surface area contributed by atoms with Gasteiger partial charge in [0.1, 0.15) is 0 Å². The van der Waals surface area contributed by atoms with Gasteiger partial charge in [0.2, 0.25) is 0 Å². The van der Waals surface area contributed by atoms with Crippen molar-refractivity contribution in [3.05, 3.63) is 69.7 Å². The molecule has 3 aromatic rings. The number of pyridine rings is 1. The van der Waals surface area contributed by atoms with E-state index < -0.39 is 0 Å². The lowest BCUT2D eigenvalue weighted by Crippen LogP contribution is -2.21. The Hall–Kier alpha value is -2.80. The first-order chi connectivity index (χ1) is 11.1. The smallest absolute Gasteiger partial charge is 0.272 e. The van der Waals surface area contributed by atoms with Gasteiger partial charge in [-0.2, -0.15) is 0 Å². The van der Waals surface area contributed by atoms with Gasteiger partial charge in [-0.1, -0.05) is 18.2 Å². The summed E-state index contributed by atoms with van der Waals surface area (Å²) in [6, 6.07) is 10.8. The van der Waals surface area contributed by atoms with E-state index in [4.69, 9.17) is 0 Å². The molecule has 3 rings (SSSR count). The zero-order valence-corrected chi connectivity index (χ0v) is 12.9. The number of rotatable bonds is 5. The van der Waals surface area contributed by atoms with Crippen LogP contribution in [-0.2, 0) is 6.54 Å². The Labute approximate surface area is 133 Å². The third-order valence-corrected chi connectivity index (χ3v) is 3.94. The van der Waals surface area contributed by atoms with E-state index in [9.17, 15) is 10.1 Å². The molecule has 0 aliphatic heterocycles. The molecule has 1 atom stereocenters. The second-order valence-electron chi connectivity index (χ2n) is 5.41. The summed E-state index contributed by atoms with van der Waals surface area (Å²) in [6.45, 7) is 4.29. The summed E-state index contributed by atoms with van der Waals surface area (Å²) in [4.78, 5) is 10.7. The average molecular weight is 311 g/mol. The maximum atomic E-state index is 11.0. The second kappa shape index (κ2) is 6.13. The zero-order valence-electron chi connectivity index (χ0n) is 12.9. The molecule has 2 heterocycles. The topological polar surface area (TPSA) is 85.4 Å². The van der Waals surface area contributed by atoms with Crippen molar-refractivity contribution in [2.24, 2.45) is 0 Å². The molecule has 1 N–H and O–H groups in total. The highest BCUT2D eigenvalue weighted by atomic mass is 16.6. The van der Waals surface area contributed by atoms with Gasteiger partial charge in [0.25, 0.3) is 5.69 Å². The molecule has 7 nitrogen and oxygen atoms in total. The number of hydrogen-bond acceptors (Lipinski definition) is 5. The summed E-state index contributed by atoms with van der Waals surface area (Å²) >= 11 is 0. The summed E-state index contributed by atoms with van der Waals surface area (Å²) in [7, 11) is 0. The minimum atomic E-state index is -0.353. The van der Waals surface area contributed by atoms with Gasteiger partial charge >= 0.3 is 0 Å². The van der Waals surface area contributed by atoms with Crippen molar-refractivity contribution in [3.63, 3.8) is 0 Å². The van der Waals surface area contributed by atoms with E-state index in [0.717, 1.165) is 17.0 Å². The molecule has 0 saturated heterocycles. The summed E-state index contributed by atoms with van der Waals surface area (Å²) < 4.78 is 1.93. The third-order valence-electron chi connectivity index (χ3n) is 3.94. The first-order valence-corrected chi connectivity index (χ1v) is 7.34. The molecule has 1 aromatic carbocycles. The van der Waals surface area contributed by atoms with Crippen molar-refractivity contribution >= 4 is 11.3 Å². The van der Waals surface area contributed by atoms with E-state index in [1.165, 1.54) is 6.07 Å². The van der Waals surface area contributed by atoms with E-state index in [-0.39, 0.29) is 16.7 Å². The van der Waals surface area contributed by atoms with Crippen LogP contribution in [0, 0.1) is 17.0 Å². The van der Waals surface area contributed by atoms with Crippen LogP contribution in [0.4, 0.5) is 5.69 Å². The second-order valence-corrected chi connectivity index (χ2v) is 5.41. The van der Waals surface area contributed by atoms with Gasteiger partial charge < -0.3 is 5.32 Å². The lowest BCUT2D eigenvalue weighted by atomic mass is 10.1. The van der Waals surface area contributed by atoms with Crippen molar-refractivity contribution < 1.29 is 4.92 Å². The van der Waals surface area contributed by atoms with Crippen LogP contribution < -0.4 is 5.32 Å². The number of nitro benzene ring substituents is 1. The van der Waals surface area contributed by atoms with Crippen molar-refractivity contribution in [2.45, 2.75) is 26.4 Å². The Bertz CT molecular complexity index is 859. The van der Waals surface area contributed by atoms with E-state index >= 15 is 0 Å². The van der Waals surface area contributed by atoms with Gasteiger partial charge in [-0.3, -0.25) is 14.5 Å². The molecule has 0 aliphatic rings. The molecule has 1 unspecified atom stereocenters.